The maximum atomic E-state index is 12.1. The number of nitrogens with one attached hydrogen (secondary N) is 2. The van der Waals surface area contributed by atoms with Crippen LogP contribution < -0.4 is 10.6 Å². The van der Waals surface area contributed by atoms with Crippen LogP contribution in [0.5, 0.6) is 0 Å². The first kappa shape index (κ1) is 23.2. The van der Waals surface area contributed by atoms with Gasteiger partial charge in [-0.05, 0) is 34.7 Å². The Kier molecular flexibility index (Phi) is 11.7. The standard InChI is InChI=1S/C14H30N4O.2ClH/c1-12(13(19)16-14(2,3)4)17(5)10-11-18-8-6-15-7-9-18;;/h12,15H,6-11H2,1-5H3,(H,16,19);2*1H. The lowest BCUT2D eigenvalue weighted by Crippen LogP contribution is -2.52. The summed E-state index contributed by atoms with van der Waals surface area (Å²) in [5.41, 5.74) is -0.162. The summed E-state index contributed by atoms with van der Waals surface area (Å²) in [6.45, 7) is 14.3. The van der Waals surface area contributed by atoms with E-state index < -0.39 is 0 Å². The Hall–Kier alpha value is -0.0700. The first-order chi connectivity index (χ1) is 8.79. The van der Waals surface area contributed by atoms with Gasteiger partial charge in [0.2, 0.25) is 5.91 Å². The van der Waals surface area contributed by atoms with Crippen LogP contribution in [-0.4, -0.2) is 73.6 Å². The highest BCUT2D eigenvalue weighted by atomic mass is 35.5. The maximum Gasteiger partial charge on any atom is 0.237 e. The lowest BCUT2D eigenvalue weighted by atomic mass is 10.1. The molecule has 0 spiro atoms. The smallest absolute Gasteiger partial charge is 0.237 e. The summed E-state index contributed by atoms with van der Waals surface area (Å²) >= 11 is 0. The second-order valence-electron chi connectivity index (χ2n) is 6.49. The highest BCUT2D eigenvalue weighted by molar-refractivity contribution is 5.85. The molecule has 21 heavy (non-hydrogen) atoms. The Morgan fingerprint density at radius 3 is 2.29 bits per heavy atom. The molecule has 1 amide bonds. The molecule has 1 rings (SSSR count). The number of halogens is 2. The minimum Gasteiger partial charge on any atom is -0.350 e. The quantitative estimate of drug-likeness (QED) is 0.781. The number of rotatable bonds is 5. The molecule has 0 saturated carbocycles. The van der Waals surface area contributed by atoms with Gasteiger partial charge < -0.3 is 10.6 Å². The van der Waals surface area contributed by atoms with Crippen LogP contribution in [0, 0.1) is 0 Å². The second-order valence-corrected chi connectivity index (χ2v) is 6.49. The van der Waals surface area contributed by atoms with Gasteiger partial charge in [0, 0.05) is 44.8 Å². The second kappa shape index (κ2) is 10.6. The molecule has 0 aromatic carbocycles. The number of carbonyl (C=O) groups excluding carboxylic acids is 1. The monoisotopic (exact) mass is 342 g/mol. The number of amides is 1. The highest BCUT2D eigenvalue weighted by Gasteiger charge is 2.22. The van der Waals surface area contributed by atoms with E-state index in [1.54, 1.807) is 0 Å². The van der Waals surface area contributed by atoms with Crippen molar-refractivity contribution in [1.29, 1.82) is 0 Å². The summed E-state index contributed by atoms with van der Waals surface area (Å²) in [5, 5.41) is 6.38. The van der Waals surface area contributed by atoms with E-state index in [1.165, 1.54) is 0 Å². The summed E-state index contributed by atoms with van der Waals surface area (Å²) in [6, 6.07) is -0.0814. The predicted octanol–water partition coefficient (Wildman–Crippen LogP) is 0.970. The first-order valence-corrected chi connectivity index (χ1v) is 7.25. The lowest BCUT2D eigenvalue weighted by Gasteiger charge is -2.32. The molecule has 1 unspecified atom stereocenters. The molecule has 0 aromatic rings. The molecular formula is C14H32Cl2N4O. The topological polar surface area (TPSA) is 47.6 Å². The van der Waals surface area contributed by atoms with Crippen LogP contribution in [0.4, 0.5) is 0 Å². The Morgan fingerprint density at radius 2 is 1.81 bits per heavy atom. The Morgan fingerprint density at radius 1 is 1.29 bits per heavy atom. The molecule has 0 aliphatic carbocycles. The van der Waals surface area contributed by atoms with E-state index >= 15 is 0 Å². The fourth-order valence-electron chi connectivity index (χ4n) is 2.10. The predicted molar refractivity (Wildman–Crippen MR) is 93.8 cm³/mol. The summed E-state index contributed by atoms with van der Waals surface area (Å²) in [7, 11) is 2.02. The maximum absolute atomic E-state index is 12.1. The van der Waals surface area contributed by atoms with Gasteiger partial charge in [0.05, 0.1) is 6.04 Å². The molecule has 0 radical (unpaired) electrons. The average Bonchev–Trinajstić information content (AvgIpc) is 2.34. The van der Waals surface area contributed by atoms with Crippen LogP contribution in [0.25, 0.3) is 0 Å². The number of piperazine rings is 1. The Labute approximate surface area is 142 Å². The summed E-state index contributed by atoms with van der Waals surface area (Å²) < 4.78 is 0. The van der Waals surface area contributed by atoms with Crippen LogP contribution in [-0.2, 0) is 4.79 Å². The normalized spacial score (nSPS) is 17.6. The van der Waals surface area contributed by atoms with Gasteiger partial charge in [-0.1, -0.05) is 0 Å². The third-order valence-corrected chi connectivity index (χ3v) is 3.52. The fraction of sp³-hybridized carbons (Fsp3) is 0.929. The molecule has 0 bridgehead atoms. The van der Waals surface area contributed by atoms with Crippen LogP contribution in [0.15, 0.2) is 0 Å². The van der Waals surface area contributed by atoms with Crippen molar-refractivity contribution in [2.45, 2.75) is 39.3 Å². The molecule has 128 valence electrons. The molecule has 1 heterocycles. The average molecular weight is 343 g/mol. The molecule has 0 aromatic heterocycles. The lowest BCUT2D eigenvalue weighted by molar-refractivity contribution is -0.126. The minimum atomic E-state index is -0.162. The van der Waals surface area contributed by atoms with Crippen LogP contribution >= 0.6 is 24.8 Å². The summed E-state index contributed by atoms with van der Waals surface area (Å²) in [5.74, 6) is 0.107. The zero-order valence-corrected chi connectivity index (χ0v) is 15.6. The van der Waals surface area contributed by atoms with Gasteiger partial charge in [0.25, 0.3) is 0 Å². The number of likely N-dealkylation sites (N-methyl/N-ethyl adjacent to an activating group) is 1. The van der Waals surface area contributed by atoms with Crippen molar-refractivity contribution in [1.82, 2.24) is 20.4 Å². The van der Waals surface area contributed by atoms with Crippen LogP contribution in [0.1, 0.15) is 27.7 Å². The zero-order chi connectivity index (χ0) is 14.5. The van der Waals surface area contributed by atoms with Gasteiger partial charge >= 0.3 is 0 Å². The molecule has 1 atom stereocenters. The van der Waals surface area contributed by atoms with Gasteiger partial charge in [-0.15, -0.1) is 24.8 Å². The van der Waals surface area contributed by atoms with Gasteiger partial charge in [-0.3, -0.25) is 14.6 Å². The molecule has 2 N–H and O–H groups in total. The van der Waals surface area contributed by atoms with Crippen molar-refractivity contribution in [3.05, 3.63) is 0 Å². The Balaban J connectivity index is 0. The number of hydrogen-bond acceptors (Lipinski definition) is 4. The molecule has 1 aliphatic heterocycles. The van der Waals surface area contributed by atoms with E-state index in [4.69, 9.17) is 0 Å². The van der Waals surface area contributed by atoms with E-state index in [2.05, 4.69) is 20.4 Å². The first-order valence-electron chi connectivity index (χ1n) is 7.25. The Bertz CT molecular complexity index is 291. The molecule has 1 aliphatic rings. The van der Waals surface area contributed by atoms with Crippen LogP contribution in [0.2, 0.25) is 0 Å². The van der Waals surface area contributed by atoms with Crippen molar-refractivity contribution >= 4 is 30.7 Å². The zero-order valence-electron chi connectivity index (χ0n) is 13.9. The van der Waals surface area contributed by atoms with Gasteiger partial charge in [0.15, 0.2) is 0 Å². The van der Waals surface area contributed by atoms with E-state index in [9.17, 15) is 4.79 Å². The minimum absolute atomic E-state index is 0. The van der Waals surface area contributed by atoms with Gasteiger partial charge in [0.1, 0.15) is 0 Å². The number of hydrogen-bond donors (Lipinski definition) is 2. The van der Waals surface area contributed by atoms with Gasteiger partial charge in [-0.2, -0.15) is 0 Å². The van der Waals surface area contributed by atoms with E-state index in [1.807, 2.05) is 34.7 Å². The molecule has 7 heteroatoms. The third-order valence-electron chi connectivity index (χ3n) is 3.52. The van der Waals surface area contributed by atoms with Crippen molar-refractivity contribution in [2.24, 2.45) is 0 Å². The van der Waals surface area contributed by atoms with Crippen molar-refractivity contribution < 1.29 is 4.79 Å². The SMILES string of the molecule is CC(C(=O)NC(C)(C)C)N(C)CCN1CCNCC1.Cl.Cl. The van der Waals surface area contributed by atoms with Crippen molar-refractivity contribution in [2.75, 3.05) is 46.3 Å². The third kappa shape index (κ3) is 9.53. The highest BCUT2D eigenvalue weighted by Crippen LogP contribution is 2.03. The summed E-state index contributed by atoms with van der Waals surface area (Å²) in [4.78, 5) is 16.6. The van der Waals surface area contributed by atoms with E-state index in [-0.39, 0.29) is 42.3 Å². The van der Waals surface area contributed by atoms with Crippen molar-refractivity contribution in [3.8, 4) is 0 Å². The molecule has 1 fully saturated rings. The molecular weight excluding hydrogens is 311 g/mol. The van der Waals surface area contributed by atoms with Crippen LogP contribution in [0.3, 0.4) is 0 Å². The van der Waals surface area contributed by atoms with Gasteiger partial charge in [-0.25, -0.2) is 0 Å². The van der Waals surface area contributed by atoms with E-state index in [0.29, 0.717) is 0 Å². The van der Waals surface area contributed by atoms with Crippen molar-refractivity contribution in [3.63, 3.8) is 0 Å². The molecule has 5 nitrogen and oxygen atoms in total. The fourth-order valence-corrected chi connectivity index (χ4v) is 2.10. The number of nitrogens with zero attached hydrogens (tertiary/aromatic N) is 2. The molecule has 1 saturated heterocycles. The van der Waals surface area contributed by atoms with E-state index in [0.717, 1.165) is 39.3 Å². The number of carbonyl (C=O) groups is 1. The largest absolute Gasteiger partial charge is 0.350 e. The summed E-state index contributed by atoms with van der Waals surface area (Å²) in [6.07, 6.45) is 0.